The summed E-state index contributed by atoms with van der Waals surface area (Å²) < 4.78 is 0. The number of nitrogens with two attached hydrogens (primary N) is 5. The molecule has 25 N–H and O–H groups in total. The Balaban J connectivity index is 2.36. The van der Waals surface area contributed by atoms with E-state index in [9.17, 15) is 92.7 Å². The standard InChI is InChI=1S/C54H79N15O20S/c1-26(61-52(87)39(25-70)69-46(81)32(4-3-20-60-54(58)59)64-47(82)34(14-17-42(75)76)63-45(80)31(55)22-27-5-9-29(71)10-6-27)44(79)62-35(19-21-90-2)49(84)65-33(13-16-40(56)73)48(83)68-38(24-41(57)74)51(86)67-37(23-28-7-11-30(72)12-8-28)50(85)66-36(53(88)89)15-18-43(77)78/h5-12,26,31-39,70-72H,3-4,13-25,55H2,1-2H3,(H2,56,73)(H2,57,74)(H,61,87)(H,62,79)(H,63,80)(H,64,82)(H,65,84)(H,66,85)(H,67,86)(H,68,83)(H,69,81)(H,75,76)(H,77,78)(H,88,89)(H4,58,59,60)/t26-,31-,32-,33-,34-,35-,36-,37-,38-,39-/m0/s1. The summed E-state index contributed by atoms with van der Waals surface area (Å²) in [4.78, 5) is 187. The number of benzene rings is 2. The van der Waals surface area contributed by atoms with Gasteiger partial charge in [0.15, 0.2) is 5.96 Å². The van der Waals surface area contributed by atoms with Crippen molar-refractivity contribution in [2.24, 2.45) is 33.7 Å². The largest absolute Gasteiger partial charge is 0.508 e. The minimum Gasteiger partial charge on any atom is -0.508 e. The van der Waals surface area contributed by atoms with Gasteiger partial charge < -0.3 is 107 Å². The molecule has 0 spiro atoms. The lowest BCUT2D eigenvalue weighted by atomic mass is 10.0. The molecule has 2 rings (SSSR count). The van der Waals surface area contributed by atoms with Crippen molar-refractivity contribution in [2.45, 2.75) is 144 Å². The Morgan fingerprint density at radius 2 is 0.856 bits per heavy atom. The summed E-state index contributed by atoms with van der Waals surface area (Å²) >= 11 is 1.21. The molecule has 0 aliphatic rings. The monoisotopic (exact) mass is 1290 g/mol. The number of nitrogens with zero attached hydrogens (tertiary/aromatic N) is 1. The number of phenols is 2. The number of thioether (sulfide) groups is 1. The van der Waals surface area contributed by atoms with Gasteiger partial charge in [-0.25, -0.2) is 4.79 Å². The Morgan fingerprint density at radius 3 is 1.32 bits per heavy atom. The van der Waals surface area contributed by atoms with Gasteiger partial charge in [-0.3, -0.25) is 67.3 Å². The number of hydrogen-bond donors (Lipinski definition) is 20. The van der Waals surface area contributed by atoms with Gasteiger partial charge in [0.05, 0.1) is 19.1 Å². The SMILES string of the molecule is CSCC[C@H](NC(=O)[C@H](C)NC(=O)[C@H](CO)NC(=O)[C@H](CCCN=C(N)N)NC(=O)[C@H](CCC(=O)O)NC(=O)[C@@H](N)Cc1ccc(O)cc1)C(=O)N[C@@H](CCC(N)=O)C(=O)N[C@@H](CC(N)=O)C(=O)N[C@@H](Cc1ccc(O)cc1)C(=O)N[C@@H](CCC(=O)O)C(=O)O. The van der Waals surface area contributed by atoms with Gasteiger partial charge in [-0.05, 0) is 99.3 Å². The molecule has 0 radical (unpaired) electrons. The average Bonchev–Trinajstić information content (AvgIpc) is 1.36. The summed E-state index contributed by atoms with van der Waals surface area (Å²) in [5, 5.41) is 78.7. The minimum absolute atomic E-state index is 0.00739. The van der Waals surface area contributed by atoms with Gasteiger partial charge >= 0.3 is 17.9 Å². The van der Waals surface area contributed by atoms with Crippen molar-refractivity contribution < 1.29 is 97.8 Å². The molecule has 2 aromatic rings. The zero-order chi connectivity index (χ0) is 67.8. The van der Waals surface area contributed by atoms with Gasteiger partial charge in [0, 0.05) is 32.2 Å². The van der Waals surface area contributed by atoms with Gasteiger partial charge in [-0.2, -0.15) is 11.8 Å². The number of guanidine groups is 1. The van der Waals surface area contributed by atoms with E-state index >= 15 is 0 Å². The molecule has 10 atom stereocenters. The number of aliphatic carboxylic acids is 3. The fourth-order valence-corrected chi connectivity index (χ4v) is 8.61. The third-order valence-corrected chi connectivity index (χ3v) is 13.7. The van der Waals surface area contributed by atoms with E-state index in [-0.39, 0.29) is 61.0 Å². The molecule has 90 heavy (non-hydrogen) atoms. The van der Waals surface area contributed by atoms with Crippen LogP contribution in [0.5, 0.6) is 11.5 Å². The first-order valence-corrected chi connectivity index (χ1v) is 29.2. The first-order chi connectivity index (χ1) is 42.3. The third kappa shape index (κ3) is 29.2. The number of carbonyl (C=O) groups is 14. The maximum atomic E-state index is 14.0. The van der Waals surface area contributed by atoms with Crippen LogP contribution < -0.4 is 76.5 Å². The summed E-state index contributed by atoms with van der Waals surface area (Å²) in [6.07, 6.45) is -3.66. The molecule has 0 aliphatic heterocycles. The van der Waals surface area contributed by atoms with E-state index in [1.165, 1.54) is 60.3 Å². The number of primary amides is 2. The number of carbonyl (C=O) groups excluding carboxylic acids is 11. The Hall–Kier alpha value is -9.84. The first kappa shape index (κ1) is 76.3. The van der Waals surface area contributed by atoms with Gasteiger partial charge in [0.25, 0.3) is 0 Å². The number of aromatic hydroxyl groups is 2. The molecule has 0 unspecified atom stereocenters. The second-order valence-electron chi connectivity index (χ2n) is 20.4. The maximum Gasteiger partial charge on any atom is 0.326 e. The zero-order valence-electron chi connectivity index (χ0n) is 49.1. The van der Waals surface area contributed by atoms with E-state index in [1.54, 1.807) is 6.26 Å². The number of aliphatic hydroxyl groups is 1. The van der Waals surface area contributed by atoms with Crippen LogP contribution in [0.15, 0.2) is 53.5 Å². The molecule has 0 aliphatic carbocycles. The number of carboxylic acids is 3. The summed E-state index contributed by atoms with van der Waals surface area (Å²) in [5.74, 6) is -16.9. The highest BCUT2D eigenvalue weighted by Gasteiger charge is 2.36. The van der Waals surface area contributed by atoms with Crippen LogP contribution in [0.3, 0.4) is 0 Å². The second kappa shape index (κ2) is 39.1. The molecule has 0 saturated carbocycles. The Kier molecular flexibility index (Phi) is 33.2. The quantitative estimate of drug-likeness (QED) is 0.0167. The van der Waals surface area contributed by atoms with Crippen LogP contribution in [0.2, 0.25) is 0 Å². The predicted molar refractivity (Wildman–Crippen MR) is 318 cm³/mol. The first-order valence-electron chi connectivity index (χ1n) is 27.8. The molecule has 35 nitrogen and oxygen atoms in total. The summed E-state index contributed by atoms with van der Waals surface area (Å²) in [6, 6.07) is -5.67. The van der Waals surface area contributed by atoms with E-state index in [0.717, 1.165) is 6.92 Å². The number of rotatable bonds is 42. The molecule has 36 heteroatoms. The number of phenolic OH excluding ortho intramolecular Hbond substituents is 2. The molecule has 0 aromatic heterocycles. The van der Waals surface area contributed by atoms with Crippen molar-refractivity contribution in [1.29, 1.82) is 0 Å². The molecular formula is C54H79N15O20S. The Morgan fingerprint density at radius 1 is 0.467 bits per heavy atom. The van der Waals surface area contributed by atoms with Crippen LogP contribution >= 0.6 is 11.8 Å². The summed E-state index contributed by atoms with van der Waals surface area (Å²) in [5.41, 5.74) is 28.5. The maximum absolute atomic E-state index is 14.0. The van der Waals surface area contributed by atoms with Crippen LogP contribution in [0.4, 0.5) is 0 Å². The van der Waals surface area contributed by atoms with E-state index in [4.69, 9.17) is 33.8 Å². The zero-order valence-corrected chi connectivity index (χ0v) is 50.0. The molecule has 0 saturated heterocycles. The molecule has 496 valence electrons. The van der Waals surface area contributed by atoms with Gasteiger partial charge in [-0.1, -0.05) is 24.3 Å². The molecule has 0 bridgehead atoms. The van der Waals surface area contributed by atoms with Gasteiger partial charge in [-0.15, -0.1) is 0 Å². The summed E-state index contributed by atoms with van der Waals surface area (Å²) in [7, 11) is 0. The van der Waals surface area contributed by atoms with Crippen LogP contribution in [-0.2, 0) is 80.0 Å². The highest BCUT2D eigenvalue weighted by molar-refractivity contribution is 7.98. The highest BCUT2D eigenvalue weighted by atomic mass is 32.2. The van der Waals surface area contributed by atoms with Crippen LogP contribution in [0.1, 0.15) is 82.3 Å². The van der Waals surface area contributed by atoms with Crippen LogP contribution in [-0.4, -0.2) is 205 Å². The smallest absolute Gasteiger partial charge is 0.326 e. The van der Waals surface area contributed by atoms with Crippen molar-refractivity contribution in [3.63, 3.8) is 0 Å². The number of carboxylic acid groups (broad SMARTS) is 3. The molecule has 0 fully saturated rings. The Labute approximate surface area is 519 Å². The second-order valence-corrected chi connectivity index (χ2v) is 21.3. The lowest BCUT2D eigenvalue weighted by Crippen LogP contribution is -2.61. The van der Waals surface area contributed by atoms with Crippen LogP contribution in [0.25, 0.3) is 0 Å². The normalized spacial score (nSPS) is 14.2. The van der Waals surface area contributed by atoms with Gasteiger partial charge in [0.1, 0.15) is 65.9 Å². The van der Waals surface area contributed by atoms with Crippen molar-refractivity contribution in [1.82, 2.24) is 47.9 Å². The number of aliphatic imine (C=N–C) groups is 1. The molecular weight excluding hydrogens is 1210 g/mol. The fraction of sp³-hybridized carbons (Fsp3) is 0.500. The van der Waals surface area contributed by atoms with Crippen molar-refractivity contribution in [3.8, 4) is 11.5 Å². The number of nitrogens with one attached hydrogen (secondary N) is 9. The molecule has 11 amide bonds. The van der Waals surface area contributed by atoms with Crippen molar-refractivity contribution in [2.75, 3.05) is 25.2 Å². The minimum atomic E-state index is -1.94. The number of amides is 11. The van der Waals surface area contributed by atoms with E-state index in [2.05, 4.69) is 52.8 Å². The Bertz CT molecular complexity index is 2880. The third-order valence-electron chi connectivity index (χ3n) is 13.0. The fourth-order valence-electron chi connectivity index (χ4n) is 8.14. The topological polar surface area (TPSA) is 611 Å². The molecule has 0 heterocycles. The molecule has 2 aromatic carbocycles. The van der Waals surface area contributed by atoms with Crippen molar-refractivity contribution in [3.05, 3.63) is 59.7 Å². The van der Waals surface area contributed by atoms with Crippen molar-refractivity contribution >= 4 is 101 Å². The summed E-state index contributed by atoms with van der Waals surface area (Å²) in [6.45, 7) is -0.0322. The van der Waals surface area contributed by atoms with Gasteiger partial charge in [0.2, 0.25) is 65.0 Å². The predicted octanol–water partition coefficient (Wildman–Crippen LogP) is -6.65. The lowest BCUT2D eigenvalue weighted by Gasteiger charge is -2.27. The van der Waals surface area contributed by atoms with E-state index in [1.807, 2.05) is 0 Å². The average molecular weight is 1290 g/mol. The van der Waals surface area contributed by atoms with Crippen LogP contribution in [0, 0.1) is 0 Å². The van der Waals surface area contributed by atoms with E-state index < -0.39 is 201 Å². The lowest BCUT2D eigenvalue weighted by molar-refractivity contribution is -0.143. The number of hydrogen-bond acceptors (Lipinski definition) is 20. The van der Waals surface area contributed by atoms with E-state index in [0.29, 0.717) is 5.56 Å². The number of aliphatic hydroxyl groups excluding tert-OH is 1. The highest BCUT2D eigenvalue weighted by Crippen LogP contribution is 2.15.